The fourth-order valence-electron chi connectivity index (χ4n) is 3.33. The number of carboxylic acid groups (broad SMARTS) is 1. The Morgan fingerprint density at radius 3 is 2.73 bits per heavy atom. The highest BCUT2D eigenvalue weighted by atomic mass is 35.5. The number of nitro groups is 1. The summed E-state index contributed by atoms with van der Waals surface area (Å²) in [7, 11) is -3.24. The number of thiol groups is 1. The van der Waals surface area contributed by atoms with Crippen LogP contribution in [0.2, 0.25) is 5.28 Å². The molecule has 0 saturated heterocycles. The number of amides is 1. The first-order valence-corrected chi connectivity index (χ1v) is 13.3. The van der Waals surface area contributed by atoms with E-state index in [-0.39, 0.29) is 47.0 Å². The Kier molecular flexibility index (Phi) is 9.02. The molecule has 0 bridgehead atoms. The van der Waals surface area contributed by atoms with Crippen LogP contribution in [0.3, 0.4) is 0 Å². The lowest BCUT2D eigenvalue weighted by molar-refractivity contribution is -0.385. The molecule has 0 aliphatic heterocycles. The standard InChI is InChI=1S/C22H22ClF2N5O6S/c1-37(35,29-22(31)32)12-13-7-15(30(33)34)10-16(8-13)36-6-2-5-26-19-9-14(3-4-17(19)24)20-18(25)11-27-21(23)28-20/h3-4,7-11,26,37H,2,5-6,12H2,1H3,(H,29,35)(H,31,32). The number of rotatable bonds is 10. The van der Waals surface area contributed by atoms with E-state index >= 15 is 0 Å². The molecule has 0 unspecified atom stereocenters. The van der Waals surface area contributed by atoms with Crippen molar-refractivity contribution in [3.63, 3.8) is 0 Å². The van der Waals surface area contributed by atoms with Crippen molar-refractivity contribution >= 4 is 39.2 Å². The molecule has 3 aromatic rings. The van der Waals surface area contributed by atoms with Gasteiger partial charge in [-0.1, -0.05) is 10.1 Å². The predicted octanol–water partition coefficient (Wildman–Crippen LogP) is 5.22. The summed E-state index contributed by atoms with van der Waals surface area (Å²) in [4.78, 5) is 28.8. The molecular weight excluding hydrogens is 536 g/mol. The molecule has 1 heterocycles. The Balaban J connectivity index is 1.64. The summed E-state index contributed by atoms with van der Waals surface area (Å²) in [5, 5.41) is 22.8. The van der Waals surface area contributed by atoms with E-state index in [0.717, 1.165) is 12.3 Å². The number of hydrogen-bond acceptors (Lipinski definition) is 7. The molecule has 0 atom stereocenters. The summed E-state index contributed by atoms with van der Waals surface area (Å²) < 4.78 is 47.4. The van der Waals surface area contributed by atoms with Crippen LogP contribution in [-0.2, 0) is 15.9 Å². The maximum Gasteiger partial charge on any atom is 0.437 e. The zero-order valence-corrected chi connectivity index (χ0v) is 20.9. The summed E-state index contributed by atoms with van der Waals surface area (Å²) >= 11 is 5.73. The van der Waals surface area contributed by atoms with Crippen LogP contribution in [-0.4, -0.2) is 50.1 Å². The summed E-state index contributed by atoms with van der Waals surface area (Å²) in [6.45, 7) is 0.336. The molecule has 0 spiro atoms. The highest BCUT2D eigenvalue weighted by molar-refractivity contribution is 7.98. The van der Waals surface area contributed by atoms with Gasteiger partial charge in [-0.2, -0.15) is 4.36 Å². The third kappa shape index (κ3) is 8.13. The van der Waals surface area contributed by atoms with E-state index in [4.69, 9.17) is 21.4 Å². The first-order chi connectivity index (χ1) is 17.4. The highest BCUT2D eigenvalue weighted by Crippen LogP contribution is 2.27. The minimum atomic E-state index is -3.24. The van der Waals surface area contributed by atoms with Gasteiger partial charge < -0.3 is 19.7 Å². The van der Waals surface area contributed by atoms with E-state index in [9.17, 15) is 28.2 Å². The number of aromatic nitrogens is 2. The van der Waals surface area contributed by atoms with Crippen molar-refractivity contribution in [1.29, 1.82) is 0 Å². The molecule has 3 rings (SSSR count). The largest absolute Gasteiger partial charge is 0.493 e. The van der Waals surface area contributed by atoms with E-state index in [1.807, 2.05) is 0 Å². The fraction of sp³-hybridized carbons (Fsp3) is 0.227. The molecule has 198 valence electrons. The molecule has 0 fully saturated rings. The third-order valence-corrected chi connectivity index (χ3v) is 6.55. The van der Waals surface area contributed by atoms with Crippen LogP contribution in [0.25, 0.3) is 11.3 Å². The molecular formula is C22H22ClF2N5O6S. The van der Waals surface area contributed by atoms with E-state index in [0.29, 0.717) is 17.5 Å². The molecule has 0 radical (unpaired) electrons. The Morgan fingerprint density at radius 2 is 2.03 bits per heavy atom. The van der Waals surface area contributed by atoms with Crippen LogP contribution < -0.4 is 10.1 Å². The van der Waals surface area contributed by atoms with Gasteiger partial charge in [-0.05, 0) is 54.1 Å². The van der Waals surface area contributed by atoms with E-state index in [1.165, 1.54) is 36.6 Å². The minimum Gasteiger partial charge on any atom is -0.493 e. The molecule has 0 aliphatic rings. The molecule has 1 amide bonds. The molecule has 1 aromatic heterocycles. The fourth-order valence-corrected chi connectivity index (χ4v) is 4.78. The van der Waals surface area contributed by atoms with Gasteiger partial charge in [0.05, 0.1) is 29.5 Å². The van der Waals surface area contributed by atoms with Gasteiger partial charge in [0.2, 0.25) is 5.28 Å². The van der Waals surface area contributed by atoms with Crippen molar-refractivity contribution < 1.29 is 32.9 Å². The van der Waals surface area contributed by atoms with Gasteiger partial charge in [0.15, 0.2) is 5.82 Å². The van der Waals surface area contributed by atoms with Crippen LogP contribution in [0.15, 0.2) is 47.0 Å². The molecule has 2 aromatic carbocycles. The van der Waals surface area contributed by atoms with Crippen LogP contribution in [0.5, 0.6) is 5.75 Å². The SMILES string of the molecule is C[SH](O)(Cc1cc(OCCCNc2cc(-c3nc(Cl)ncc3F)ccc2F)cc([N+](=O)[O-])c1)=NC(=O)O. The number of halogens is 3. The number of hydrogen-bond donors (Lipinski definition) is 4. The van der Waals surface area contributed by atoms with Crippen LogP contribution >= 0.6 is 11.6 Å². The normalized spacial score (nSPS) is 11.6. The second-order valence-electron chi connectivity index (χ2n) is 7.88. The lowest BCUT2D eigenvalue weighted by Crippen LogP contribution is -2.13. The van der Waals surface area contributed by atoms with Crippen molar-refractivity contribution in [2.75, 3.05) is 24.7 Å². The predicted molar refractivity (Wildman–Crippen MR) is 136 cm³/mol. The zero-order valence-electron chi connectivity index (χ0n) is 19.3. The molecule has 3 N–H and O–H groups in total. The van der Waals surface area contributed by atoms with Gasteiger partial charge in [0.1, 0.15) is 17.3 Å². The van der Waals surface area contributed by atoms with Gasteiger partial charge in [-0.3, -0.25) is 10.1 Å². The summed E-state index contributed by atoms with van der Waals surface area (Å²) in [6.07, 6.45) is 1.02. The summed E-state index contributed by atoms with van der Waals surface area (Å²) in [5.41, 5.74) is 0.306. The lowest BCUT2D eigenvalue weighted by Gasteiger charge is -2.17. The van der Waals surface area contributed by atoms with Gasteiger partial charge in [0.25, 0.3) is 5.69 Å². The van der Waals surface area contributed by atoms with Crippen molar-refractivity contribution in [1.82, 2.24) is 9.97 Å². The summed E-state index contributed by atoms with van der Waals surface area (Å²) in [5.74, 6) is -1.33. The van der Waals surface area contributed by atoms with Gasteiger partial charge in [0, 0.05) is 23.9 Å². The van der Waals surface area contributed by atoms with E-state index < -0.39 is 32.8 Å². The first kappa shape index (κ1) is 27.8. The first-order valence-electron chi connectivity index (χ1n) is 10.6. The maximum absolute atomic E-state index is 14.2. The van der Waals surface area contributed by atoms with Crippen LogP contribution in [0, 0.1) is 21.7 Å². The zero-order chi connectivity index (χ0) is 27.2. The molecule has 15 heteroatoms. The number of ether oxygens (including phenoxy) is 1. The topological polar surface area (TPSA) is 160 Å². The Bertz CT molecular complexity index is 1390. The van der Waals surface area contributed by atoms with Gasteiger partial charge in [-0.15, -0.1) is 0 Å². The van der Waals surface area contributed by atoms with Crippen molar-refractivity contribution in [2.45, 2.75) is 12.2 Å². The maximum atomic E-state index is 14.2. The number of nitrogens with one attached hydrogen (secondary N) is 1. The smallest absolute Gasteiger partial charge is 0.437 e. The number of benzene rings is 2. The molecule has 37 heavy (non-hydrogen) atoms. The average molecular weight is 558 g/mol. The van der Waals surface area contributed by atoms with Crippen molar-refractivity contribution in [2.24, 2.45) is 4.36 Å². The highest BCUT2D eigenvalue weighted by Gasteiger charge is 2.15. The Morgan fingerprint density at radius 1 is 1.27 bits per heavy atom. The minimum absolute atomic E-state index is 0.0783. The molecule has 11 nitrogen and oxygen atoms in total. The quantitative estimate of drug-likeness (QED) is 0.0861. The monoisotopic (exact) mass is 557 g/mol. The number of anilines is 1. The Labute approximate surface area is 215 Å². The van der Waals surface area contributed by atoms with E-state index in [1.54, 1.807) is 0 Å². The Hall–Kier alpha value is -3.75. The third-order valence-electron chi connectivity index (χ3n) is 4.80. The number of non-ortho nitro benzene ring substituents is 1. The van der Waals surface area contributed by atoms with Gasteiger partial charge in [-0.25, -0.2) is 23.5 Å². The molecule has 0 aliphatic carbocycles. The van der Waals surface area contributed by atoms with Gasteiger partial charge >= 0.3 is 6.09 Å². The lowest BCUT2D eigenvalue weighted by atomic mass is 10.1. The second kappa shape index (κ2) is 12.0. The van der Waals surface area contributed by atoms with Crippen molar-refractivity contribution in [3.8, 4) is 17.0 Å². The van der Waals surface area contributed by atoms with E-state index in [2.05, 4.69) is 19.6 Å². The second-order valence-corrected chi connectivity index (χ2v) is 10.9. The average Bonchev–Trinajstić information content (AvgIpc) is 2.80. The number of carbonyl (C=O) groups is 1. The molecule has 0 saturated carbocycles. The summed E-state index contributed by atoms with van der Waals surface area (Å²) in [6, 6.07) is 7.75. The van der Waals surface area contributed by atoms with Crippen LogP contribution in [0.4, 0.5) is 25.0 Å². The van der Waals surface area contributed by atoms with Crippen molar-refractivity contribution in [3.05, 3.63) is 75.2 Å². The number of nitro benzene ring substituents is 1. The number of nitrogens with zero attached hydrogens (tertiary/aromatic N) is 4. The van der Waals surface area contributed by atoms with Crippen LogP contribution in [0.1, 0.15) is 12.0 Å².